The van der Waals surface area contributed by atoms with E-state index in [0.717, 1.165) is 0 Å². The first-order valence-electron chi connectivity index (χ1n) is 7.68. The molecule has 1 atom stereocenters. The number of amides is 1. The van der Waals surface area contributed by atoms with Crippen LogP contribution < -0.4 is 14.8 Å². The molecule has 7 nitrogen and oxygen atoms in total. The molecule has 1 aromatic heterocycles. The molecule has 2 rings (SSSR count). The van der Waals surface area contributed by atoms with Crippen molar-refractivity contribution >= 4 is 32.4 Å². The molecule has 0 aliphatic carbocycles. The minimum absolute atomic E-state index is 0.0732. The van der Waals surface area contributed by atoms with E-state index < -0.39 is 22.0 Å². The third-order valence-corrected chi connectivity index (χ3v) is 5.53. The van der Waals surface area contributed by atoms with Crippen LogP contribution >= 0.6 is 11.3 Å². The highest BCUT2D eigenvalue weighted by Gasteiger charge is 2.27. The van der Waals surface area contributed by atoms with Crippen LogP contribution in [-0.4, -0.2) is 32.5 Å². The molecule has 1 heterocycles. The highest BCUT2D eigenvalue weighted by molar-refractivity contribution is 7.89. The van der Waals surface area contributed by atoms with Gasteiger partial charge < -0.3 is 10.1 Å². The number of rotatable bonds is 8. The molecule has 0 unspecified atom stereocenters. The fraction of sp³-hybridized carbons (Fsp3) is 0.375. The summed E-state index contributed by atoms with van der Waals surface area (Å²) in [5.74, 6) is 0.255. The van der Waals surface area contributed by atoms with E-state index >= 15 is 0 Å². The molecular formula is C16H21N3O4S2. The van der Waals surface area contributed by atoms with Gasteiger partial charge in [-0.1, -0.05) is 13.8 Å². The first-order valence-corrected chi connectivity index (χ1v) is 10.0. The molecule has 0 aliphatic rings. The van der Waals surface area contributed by atoms with Crippen molar-refractivity contribution in [2.45, 2.75) is 31.2 Å². The van der Waals surface area contributed by atoms with Crippen LogP contribution in [0.1, 0.15) is 20.3 Å². The number of sulfonamides is 1. The molecule has 2 N–H and O–H groups in total. The van der Waals surface area contributed by atoms with E-state index in [1.165, 1.54) is 30.6 Å². The second-order valence-corrected chi connectivity index (χ2v) is 8.41. The van der Waals surface area contributed by atoms with Gasteiger partial charge in [0.2, 0.25) is 15.9 Å². The van der Waals surface area contributed by atoms with Gasteiger partial charge >= 0.3 is 0 Å². The molecule has 0 bridgehead atoms. The number of carbonyl (C=O) groups is 1. The van der Waals surface area contributed by atoms with Gasteiger partial charge in [0.1, 0.15) is 11.8 Å². The molecule has 1 amide bonds. The number of nitrogens with one attached hydrogen (secondary N) is 2. The van der Waals surface area contributed by atoms with Gasteiger partial charge in [0.15, 0.2) is 5.13 Å². The summed E-state index contributed by atoms with van der Waals surface area (Å²) in [6.07, 6.45) is 1.94. The Labute approximate surface area is 151 Å². The summed E-state index contributed by atoms with van der Waals surface area (Å²) >= 11 is 1.27. The number of thiazole rings is 1. The molecule has 0 radical (unpaired) electrons. The molecule has 0 saturated carbocycles. The predicted molar refractivity (Wildman–Crippen MR) is 97.3 cm³/mol. The third-order valence-electron chi connectivity index (χ3n) is 3.35. The summed E-state index contributed by atoms with van der Waals surface area (Å²) in [5, 5.41) is 4.80. The van der Waals surface area contributed by atoms with Crippen LogP contribution in [0.2, 0.25) is 0 Å². The number of hydrogen-bond acceptors (Lipinski definition) is 6. The predicted octanol–water partition coefficient (Wildman–Crippen LogP) is 2.48. The topological polar surface area (TPSA) is 97.4 Å². The molecule has 0 aliphatic heterocycles. The Morgan fingerprint density at radius 1 is 1.28 bits per heavy atom. The summed E-state index contributed by atoms with van der Waals surface area (Å²) in [4.78, 5) is 16.5. The van der Waals surface area contributed by atoms with Crippen LogP contribution in [0.25, 0.3) is 0 Å². The van der Waals surface area contributed by atoms with Crippen molar-refractivity contribution in [3.8, 4) is 5.75 Å². The van der Waals surface area contributed by atoms with Gasteiger partial charge in [-0.3, -0.25) is 4.79 Å². The van der Waals surface area contributed by atoms with Gasteiger partial charge in [-0.15, -0.1) is 11.3 Å². The van der Waals surface area contributed by atoms with Crippen LogP contribution in [-0.2, 0) is 14.8 Å². The van der Waals surface area contributed by atoms with E-state index in [2.05, 4.69) is 15.0 Å². The summed E-state index contributed by atoms with van der Waals surface area (Å²) < 4.78 is 32.7. The van der Waals surface area contributed by atoms with Crippen molar-refractivity contribution in [3.63, 3.8) is 0 Å². The Balaban J connectivity index is 2.17. The zero-order valence-corrected chi connectivity index (χ0v) is 15.9. The standard InChI is InChI=1S/C16H21N3O4S2/c1-11(2)10-14(15(20)18-16-17-8-9-24-16)19-25(21,22)13-6-4-12(23-3)5-7-13/h4-9,11,14,19H,10H2,1-3H3,(H,17,18,20)/t14-/m0/s1. The van der Waals surface area contributed by atoms with Crippen molar-refractivity contribution in [2.24, 2.45) is 5.92 Å². The minimum atomic E-state index is -3.84. The van der Waals surface area contributed by atoms with E-state index in [9.17, 15) is 13.2 Å². The van der Waals surface area contributed by atoms with E-state index in [1.807, 2.05) is 13.8 Å². The Kier molecular flexibility index (Phi) is 6.51. The number of benzene rings is 1. The van der Waals surface area contributed by atoms with E-state index in [-0.39, 0.29) is 10.8 Å². The van der Waals surface area contributed by atoms with E-state index in [0.29, 0.717) is 17.3 Å². The second kappa shape index (κ2) is 8.41. The van der Waals surface area contributed by atoms with Crippen molar-refractivity contribution in [2.75, 3.05) is 12.4 Å². The summed E-state index contributed by atoms with van der Waals surface area (Å²) in [6, 6.07) is 5.10. The van der Waals surface area contributed by atoms with Crippen LogP contribution in [0.5, 0.6) is 5.75 Å². The summed E-state index contributed by atoms with van der Waals surface area (Å²) in [5.41, 5.74) is 0. The number of carbonyl (C=O) groups excluding carboxylic acids is 1. The number of nitrogens with zero attached hydrogens (tertiary/aromatic N) is 1. The number of aromatic nitrogens is 1. The summed E-state index contributed by atoms with van der Waals surface area (Å²) in [6.45, 7) is 3.84. The average molecular weight is 383 g/mol. The lowest BCUT2D eigenvalue weighted by atomic mass is 10.0. The maximum Gasteiger partial charge on any atom is 0.244 e. The SMILES string of the molecule is COc1ccc(S(=O)(=O)N[C@@H](CC(C)C)C(=O)Nc2nccs2)cc1. The van der Waals surface area contributed by atoms with Crippen LogP contribution in [0.15, 0.2) is 40.7 Å². The van der Waals surface area contributed by atoms with Gasteiger partial charge in [0.05, 0.1) is 12.0 Å². The van der Waals surface area contributed by atoms with Gasteiger partial charge in [0.25, 0.3) is 0 Å². The van der Waals surface area contributed by atoms with Crippen molar-refractivity contribution < 1.29 is 17.9 Å². The normalized spacial score (nSPS) is 12.8. The van der Waals surface area contributed by atoms with E-state index in [4.69, 9.17) is 4.74 Å². The highest BCUT2D eigenvalue weighted by Crippen LogP contribution is 2.18. The quantitative estimate of drug-likeness (QED) is 0.730. The first kappa shape index (κ1) is 19.4. The minimum Gasteiger partial charge on any atom is -0.497 e. The Morgan fingerprint density at radius 2 is 1.96 bits per heavy atom. The monoisotopic (exact) mass is 383 g/mol. The molecule has 0 spiro atoms. The van der Waals surface area contributed by atoms with Crippen LogP contribution in [0.3, 0.4) is 0 Å². The Morgan fingerprint density at radius 3 is 2.48 bits per heavy atom. The molecule has 25 heavy (non-hydrogen) atoms. The number of ether oxygens (including phenoxy) is 1. The lowest BCUT2D eigenvalue weighted by Crippen LogP contribution is -2.44. The van der Waals surface area contributed by atoms with Crippen molar-refractivity contribution in [3.05, 3.63) is 35.8 Å². The van der Waals surface area contributed by atoms with Crippen LogP contribution in [0.4, 0.5) is 5.13 Å². The van der Waals surface area contributed by atoms with Gasteiger partial charge in [-0.25, -0.2) is 13.4 Å². The lowest BCUT2D eigenvalue weighted by Gasteiger charge is -2.19. The van der Waals surface area contributed by atoms with Gasteiger partial charge in [-0.05, 0) is 36.6 Å². The summed E-state index contributed by atoms with van der Waals surface area (Å²) in [7, 11) is -2.33. The fourth-order valence-corrected chi connectivity index (χ4v) is 3.91. The number of hydrogen-bond donors (Lipinski definition) is 2. The second-order valence-electron chi connectivity index (χ2n) is 5.81. The maximum absolute atomic E-state index is 12.6. The molecule has 2 aromatic rings. The highest BCUT2D eigenvalue weighted by atomic mass is 32.2. The molecule has 1 aromatic carbocycles. The maximum atomic E-state index is 12.6. The lowest BCUT2D eigenvalue weighted by molar-refractivity contribution is -0.118. The van der Waals surface area contributed by atoms with Crippen molar-refractivity contribution in [1.82, 2.24) is 9.71 Å². The number of methoxy groups -OCH3 is 1. The molecular weight excluding hydrogens is 362 g/mol. The van der Waals surface area contributed by atoms with E-state index in [1.54, 1.807) is 23.7 Å². The molecule has 0 fully saturated rings. The van der Waals surface area contributed by atoms with Crippen LogP contribution in [0, 0.1) is 5.92 Å². The van der Waals surface area contributed by atoms with Gasteiger partial charge in [0, 0.05) is 11.6 Å². The Hall–Kier alpha value is -1.97. The average Bonchev–Trinajstić information content (AvgIpc) is 3.06. The molecule has 9 heteroatoms. The zero-order valence-electron chi connectivity index (χ0n) is 14.2. The van der Waals surface area contributed by atoms with Gasteiger partial charge in [-0.2, -0.15) is 4.72 Å². The largest absolute Gasteiger partial charge is 0.497 e. The number of anilines is 1. The molecule has 136 valence electrons. The Bertz CT molecular complexity index is 787. The van der Waals surface area contributed by atoms with Crippen molar-refractivity contribution in [1.29, 1.82) is 0 Å². The fourth-order valence-electron chi connectivity index (χ4n) is 2.17. The third kappa shape index (κ3) is 5.52. The zero-order chi connectivity index (χ0) is 18.4. The smallest absolute Gasteiger partial charge is 0.244 e. The molecule has 0 saturated heterocycles. The first-order chi connectivity index (χ1) is 11.8.